The van der Waals surface area contributed by atoms with Gasteiger partial charge in [0.25, 0.3) is 5.56 Å². The smallest absolute Gasteiger partial charge is 0.251 e. The molecule has 1 aromatic heterocycles. The molecule has 1 N–H and O–H groups in total. The molecule has 94 valence electrons. The van der Waals surface area contributed by atoms with Crippen molar-refractivity contribution in [2.24, 2.45) is 0 Å². The Balaban J connectivity index is 2.59. The molecule has 1 heterocycles. The van der Waals surface area contributed by atoms with Crippen LogP contribution in [-0.2, 0) is 5.41 Å². The minimum atomic E-state index is -0.165. The number of hydrogen-bond acceptors (Lipinski definition) is 2. The zero-order chi connectivity index (χ0) is 13.3. The lowest BCUT2D eigenvalue weighted by Crippen LogP contribution is -2.19. The molecule has 2 rings (SSSR count). The van der Waals surface area contributed by atoms with E-state index in [1.807, 2.05) is 32.9 Å². The fourth-order valence-electron chi connectivity index (χ4n) is 1.61. The van der Waals surface area contributed by atoms with Gasteiger partial charge in [-0.1, -0.05) is 44.5 Å². The molecule has 0 spiro atoms. The number of nitrogens with one attached hydrogen (secondary N) is 1. The fraction of sp³-hybridized carbons (Fsp3) is 0.286. The monoisotopic (exact) mass is 262 g/mol. The van der Waals surface area contributed by atoms with Crippen LogP contribution in [0.4, 0.5) is 0 Å². The highest BCUT2D eigenvalue weighted by molar-refractivity contribution is 6.30. The Labute approximate surface area is 111 Å². The summed E-state index contributed by atoms with van der Waals surface area (Å²) in [5.41, 5.74) is 1.26. The van der Waals surface area contributed by atoms with Gasteiger partial charge < -0.3 is 4.98 Å². The lowest BCUT2D eigenvalue weighted by molar-refractivity contribution is 0.566. The fourth-order valence-corrected chi connectivity index (χ4v) is 1.80. The molecule has 0 aliphatic rings. The van der Waals surface area contributed by atoms with Gasteiger partial charge in [0.15, 0.2) is 0 Å². The van der Waals surface area contributed by atoms with E-state index in [0.29, 0.717) is 10.8 Å². The van der Waals surface area contributed by atoms with Crippen molar-refractivity contribution in [3.05, 3.63) is 51.4 Å². The van der Waals surface area contributed by atoms with E-state index in [-0.39, 0.29) is 11.0 Å². The Morgan fingerprint density at radius 3 is 2.56 bits per heavy atom. The number of rotatable bonds is 1. The molecule has 3 nitrogen and oxygen atoms in total. The highest BCUT2D eigenvalue weighted by Gasteiger charge is 2.17. The Bertz CT molecular complexity index is 626. The van der Waals surface area contributed by atoms with Gasteiger partial charge in [0.2, 0.25) is 0 Å². The minimum absolute atomic E-state index is 0.148. The molecule has 0 amide bonds. The summed E-state index contributed by atoms with van der Waals surface area (Å²) in [4.78, 5) is 18.9. The van der Waals surface area contributed by atoms with Crippen LogP contribution in [0.15, 0.2) is 35.1 Å². The van der Waals surface area contributed by atoms with Crippen LogP contribution in [0.5, 0.6) is 0 Å². The van der Waals surface area contributed by atoms with Crippen molar-refractivity contribution >= 4 is 11.6 Å². The van der Waals surface area contributed by atoms with Crippen LogP contribution in [0.1, 0.15) is 26.5 Å². The van der Waals surface area contributed by atoms with E-state index in [1.165, 1.54) is 6.07 Å². The third-order valence-corrected chi connectivity index (χ3v) is 2.84. The molecule has 0 unspecified atom stereocenters. The molecule has 0 atom stereocenters. The minimum Gasteiger partial charge on any atom is -0.307 e. The maximum Gasteiger partial charge on any atom is 0.251 e. The summed E-state index contributed by atoms with van der Waals surface area (Å²) >= 11 is 5.94. The van der Waals surface area contributed by atoms with Crippen molar-refractivity contribution in [3.63, 3.8) is 0 Å². The van der Waals surface area contributed by atoms with Crippen molar-refractivity contribution in [2.45, 2.75) is 26.2 Å². The molecular formula is C14H15ClN2O. The maximum atomic E-state index is 11.7. The van der Waals surface area contributed by atoms with E-state index >= 15 is 0 Å². The third kappa shape index (κ3) is 2.79. The molecule has 0 radical (unpaired) electrons. The maximum absolute atomic E-state index is 11.7. The zero-order valence-electron chi connectivity index (χ0n) is 10.6. The second kappa shape index (κ2) is 4.58. The zero-order valence-corrected chi connectivity index (χ0v) is 11.4. The molecule has 0 aliphatic heterocycles. The molecule has 0 saturated carbocycles. The molecule has 0 saturated heterocycles. The predicted octanol–water partition coefficient (Wildman–Crippen LogP) is 3.39. The highest BCUT2D eigenvalue weighted by Crippen LogP contribution is 2.22. The van der Waals surface area contributed by atoms with E-state index in [2.05, 4.69) is 9.97 Å². The number of benzene rings is 1. The first-order valence-electron chi connectivity index (χ1n) is 5.74. The van der Waals surface area contributed by atoms with Gasteiger partial charge in [-0.15, -0.1) is 0 Å². The van der Waals surface area contributed by atoms with Crippen molar-refractivity contribution < 1.29 is 0 Å². The van der Waals surface area contributed by atoms with Gasteiger partial charge in [-0.3, -0.25) is 4.79 Å². The molecule has 1 aromatic carbocycles. The normalized spacial score (nSPS) is 11.6. The second-order valence-corrected chi connectivity index (χ2v) is 5.68. The molecule has 18 heavy (non-hydrogen) atoms. The molecule has 4 heteroatoms. The second-order valence-electron chi connectivity index (χ2n) is 5.24. The standard InChI is InChI=1S/C14H15ClN2O/c1-14(2,3)11-8-12(18)17-13(16-11)9-5-4-6-10(15)7-9/h4-8H,1-3H3,(H,16,17,18). The van der Waals surface area contributed by atoms with Crippen LogP contribution >= 0.6 is 11.6 Å². The number of aromatic amines is 1. The van der Waals surface area contributed by atoms with E-state index < -0.39 is 0 Å². The van der Waals surface area contributed by atoms with Gasteiger partial charge in [-0.2, -0.15) is 0 Å². The summed E-state index contributed by atoms with van der Waals surface area (Å²) in [6.07, 6.45) is 0. The number of halogens is 1. The van der Waals surface area contributed by atoms with E-state index in [1.54, 1.807) is 12.1 Å². The Morgan fingerprint density at radius 2 is 1.94 bits per heavy atom. The van der Waals surface area contributed by atoms with Gasteiger partial charge in [0.1, 0.15) is 5.82 Å². The lowest BCUT2D eigenvalue weighted by Gasteiger charge is -2.17. The van der Waals surface area contributed by atoms with Gasteiger partial charge in [-0.05, 0) is 12.1 Å². The molecule has 2 aromatic rings. The van der Waals surface area contributed by atoms with Crippen molar-refractivity contribution in [1.29, 1.82) is 0 Å². The van der Waals surface area contributed by atoms with Crippen LogP contribution < -0.4 is 5.56 Å². The van der Waals surface area contributed by atoms with Gasteiger partial charge in [0.05, 0.1) is 5.69 Å². The Kier molecular flexibility index (Phi) is 3.26. The summed E-state index contributed by atoms with van der Waals surface area (Å²) in [6, 6.07) is 8.81. The van der Waals surface area contributed by atoms with Crippen LogP contribution in [-0.4, -0.2) is 9.97 Å². The molecule has 0 aliphatic carbocycles. The van der Waals surface area contributed by atoms with Crippen molar-refractivity contribution in [2.75, 3.05) is 0 Å². The largest absolute Gasteiger partial charge is 0.307 e. The summed E-state index contributed by atoms with van der Waals surface area (Å²) < 4.78 is 0. The molecule has 0 bridgehead atoms. The molecule has 0 fully saturated rings. The summed E-state index contributed by atoms with van der Waals surface area (Å²) in [7, 11) is 0. The van der Waals surface area contributed by atoms with Gasteiger partial charge >= 0.3 is 0 Å². The third-order valence-electron chi connectivity index (χ3n) is 2.61. The van der Waals surface area contributed by atoms with Crippen LogP contribution in [0.25, 0.3) is 11.4 Å². The topological polar surface area (TPSA) is 45.8 Å². The number of aromatic nitrogens is 2. The van der Waals surface area contributed by atoms with Crippen LogP contribution in [0.3, 0.4) is 0 Å². The van der Waals surface area contributed by atoms with Gasteiger partial charge in [-0.25, -0.2) is 4.98 Å². The van der Waals surface area contributed by atoms with E-state index in [4.69, 9.17) is 11.6 Å². The Morgan fingerprint density at radius 1 is 1.22 bits per heavy atom. The van der Waals surface area contributed by atoms with Crippen LogP contribution in [0, 0.1) is 0 Å². The van der Waals surface area contributed by atoms with E-state index in [0.717, 1.165) is 11.3 Å². The van der Waals surface area contributed by atoms with Crippen molar-refractivity contribution in [3.8, 4) is 11.4 Å². The number of nitrogens with zero attached hydrogens (tertiary/aromatic N) is 1. The average Bonchev–Trinajstić information content (AvgIpc) is 2.27. The lowest BCUT2D eigenvalue weighted by atomic mass is 9.92. The highest BCUT2D eigenvalue weighted by atomic mass is 35.5. The first-order chi connectivity index (χ1) is 8.36. The van der Waals surface area contributed by atoms with Gasteiger partial charge in [0, 0.05) is 22.1 Å². The summed E-state index contributed by atoms with van der Waals surface area (Å²) in [6.45, 7) is 6.07. The van der Waals surface area contributed by atoms with Crippen molar-refractivity contribution in [1.82, 2.24) is 9.97 Å². The molecular weight excluding hydrogens is 248 g/mol. The number of H-pyrrole nitrogens is 1. The van der Waals surface area contributed by atoms with E-state index in [9.17, 15) is 4.79 Å². The first kappa shape index (κ1) is 12.8. The quantitative estimate of drug-likeness (QED) is 0.856. The predicted molar refractivity (Wildman–Crippen MR) is 74.0 cm³/mol. The first-order valence-corrected chi connectivity index (χ1v) is 6.12. The Hall–Kier alpha value is -1.61. The summed E-state index contributed by atoms with van der Waals surface area (Å²) in [5, 5.41) is 0.622. The average molecular weight is 263 g/mol. The summed E-state index contributed by atoms with van der Waals surface area (Å²) in [5.74, 6) is 0.551. The van der Waals surface area contributed by atoms with Crippen LogP contribution in [0.2, 0.25) is 5.02 Å². The number of hydrogen-bond donors (Lipinski definition) is 1. The SMILES string of the molecule is CC(C)(C)c1cc(=O)[nH]c(-c2cccc(Cl)c2)n1.